The first-order valence-corrected chi connectivity index (χ1v) is 6.83. The Kier molecular flexibility index (Phi) is 4.22. The van der Waals surface area contributed by atoms with Crippen LogP contribution in [0, 0.1) is 0 Å². The largest absolute Gasteiger partial charge is 0.389 e. The molecule has 0 radical (unpaired) electrons. The molecule has 1 amide bonds. The third-order valence-corrected chi connectivity index (χ3v) is 4.38. The summed E-state index contributed by atoms with van der Waals surface area (Å²) in [5.41, 5.74) is -0.619. The van der Waals surface area contributed by atoms with Gasteiger partial charge in [-0.2, -0.15) is 13.2 Å². The van der Waals surface area contributed by atoms with Crippen molar-refractivity contribution >= 4 is 16.7 Å². The van der Waals surface area contributed by atoms with Crippen molar-refractivity contribution in [1.29, 1.82) is 0 Å². The Morgan fingerprint density at radius 2 is 2.00 bits per heavy atom. The standard InChI is InChI=1S/C10H16F3NO2S/c1-9(2)7-17(16)6-5-14(9)8(15)3-4-10(11,12)13/h3-7H2,1-2H3/t17-/m0/s1. The number of rotatable bonds is 2. The van der Waals surface area contributed by atoms with Crippen LogP contribution in [-0.2, 0) is 15.6 Å². The van der Waals surface area contributed by atoms with Gasteiger partial charge in [-0.05, 0) is 13.8 Å². The Bertz CT molecular complexity index is 328. The lowest BCUT2D eigenvalue weighted by atomic mass is 10.0. The number of carbonyl (C=O) groups excluding carboxylic acids is 1. The highest BCUT2D eigenvalue weighted by Gasteiger charge is 2.37. The molecular formula is C10H16F3NO2S. The van der Waals surface area contributed by atoms with Gasteiger partial charge in [-0.3, -0.25) is 9.00 Å². The van der Waals surface area contributed by atoms with Crippen molar-refractivity contribution < 1.29 is 22.2 Å². The van der Waals surface area contributed by atoms with Crippen LogP contribution in [0.3, 0.4) is 0 Å². The summed E-state index contributed by atoms with van der Waals surface area (Å²) in [4.78, 5) is 13.1. The summed E-state index contributed by atoms with van der Waals surface area (Å²) in [6, 6.07) is 0. The molecule has 1 saturated heterocycles. The third-order valence-electron chi connectivity index (χ3n) is 2.71. The third kappa shape index (κ3) is 4.29. The Morgan fingerprint density at radius 1 is 1.41 bits per heavy atom. The van der Waals surface area contributed by atoms with E-state index in [1.807, 2.05) is 0 Å². The number of hydrogen-bond acceptors (Lipinski definition) is 2. The maximum absolute atomic E-state index is 12.0. The summed E-state index contributed by atoms with van der Waals surface area (Å²) < 4.78 is 47.4. The van der Waals surface area contributed by atoms with E-state index in [9.17, 15) is 22.2 Å². The molecule has 0 aromatic carbocycles. The molecule has 0 aliphatic carbocycles. The maximum Gasteiger partial charge on any atom is 0.389 e. The van der Waals surface area contributed by atoms with Crippen molar-refractivity contribution in [2.24, 2.45) is 0 Å². The van der Waals surface area contributed by atoms with Crippen LogP contribution in [-0.4, -0.2) is 44.8 Å². The summed E-state index contributed by atoms with van der Waals surface area (Å²) in [6.07, 6.45) is -5.93. The quantitative estimate of drug-likeness (QED) is 0.766. The van der Waals surface area contributed by atoms with Crippen molar-refractivity contribution in [2.45, 2.75) is 38.4 Å². The summed E-state index contributed by atoms with van der Waals surface area (Å²) >= 11 is 0. The molecule has 0 bridgehead atoms. The second kappa shape index (κ2) is 4.96. The molecule has 7 heteroatoms. The van der Waals surface area contributed by atoms with Crippen molar-refractivity contribution in [3.8, 4) is 0 Å². The monoisotopic (exact) mass is 271 g/mol. The molecule has 1 fully saturated rings. The summed E-state index contributed by atoms with van der Waals surface area (Å²) in [5.74, 6) is 0.162. The van der Waals surface area contributed by atoms with Gasteiger partial charge in [0.1, 0.15) is 0 Å². The van der Waals surface area contributed by atoms with Crippen LogP contribution in [0.2, 0.25) is 0 Å². The zero-order chi connectivity index (χ0) is 13.3. The number of carbonyl (C=O) groups is 1. The van der Waals surface area contributed by atoms with Crippen LogP contribution >= 0.6 is 0 Å². The lowest BCUT2D eigenvalue weighted by Gasteiger charge is -2.42. The number of amides is 1. The molecule has 17 heavy (non-hydrogen) atoms. The first-order valence-electron chi connectivity index (χ1n) is 5.34. The Hall–Kier alpha value is -0.590. The van der Waals surface area contributed by atoms with E-state index < -0.39 is 41.3 Å². The molecule has 100 valence electrons. The Morgan fingerprint density at radius 3 is 2.47 bits per heavy atom. The Labute approximate surface area is 101 Å². The van der Waals surface area contributed by atoms with Crippen molar-refractivity contribution in [3.05, 3.63) is 0 Å². The van der Waals surface area contributed by atoms with E-state index in [4.69, 9.17) is 0 Å². The first-order chi connectivity index (χ1) is 7.62. The van der Waals surface area contributed by atoms with Crippen LogP contribution in [0.4, 0.5) is 13.2 Å². The second-order valence-electron chi connectivity index (χ2n) is 4.76. The molecule has 0 unspecified atom stereocenters. The summed E-state index contributed by atoms with van der Waals surface area (Å²) in [6.45, 7) is 3.74. The predicted molar refractivity (Wildman–Crippen MR) is 59.0 cm³/mol. The van der Waals surface area contributed by atoms with E-state index in [1.165, 1.54) is 4.90 Å². The van der Waals surface area contributed by atoms with E-state index in [1.54, 1.807) is 13.8 Å². The van der Waals surface area contributed by atoms with Gasteiger partial charge in [0.2, 0.25) is 5.91 Å². The highest BCUT2D eigenvalue weighted by Crippen LogP contribution is 2.25. The average Bonchev–Trinajstić information content (AvgIpc) is 2.11. The fourth-order valence-electron chi connectivity index (χ4n) is 1.89. The van der Waals surface area contributed by atoms with Gasteiger partial charge in [0.15, 0.2) is 0 Å². The Balaban J connectivity index is 2.60. The summed E-state index contributed by atoms with van der Waals surface area (Å²) in [7, 11) is -0.984. The van der Waals surface area contributed by atoms with Crippen LogP contribution in [0.1, 0.15) is 26.7 Å². The van der Waals surface area contributed by atoms with Gasteiger partial charge in [-0.1, -0.05) is 0 Å². The van der Waals surface area contributed by atoms with E-state index in [0.29, 0.717) is 11.5 Å². The van der Waals surface area contributed by atoms with Crippen LogP contribution < -0.4 is 0 Å². The number of hydrogen-bond donors (Lipinski definition) is 0. The lowest BCUT2D eigenvalue weighted by molar-refractivity contribution is -0.151. The maximum atomic E-state index is 12.0. The molecule has 1 atom stereocenters. The molecular weight excluding hydrogens is 255 g/mol. The zero-order valence-electron chi connectivity index (χ0n) is 9.84. The van der Waals surface area contributed by atoms with Crippen molar-refractivity contribution in [3.63, 3.8) is 0 Å². The van der Waals surface area contributed by atoms with E-state index >= 15 is 0 Å². The molecule has 1 aliphatic heterocycles. The van der Waals surface area contributed by atoms with E-state index in [2.05, 4.69) is 0 Å². The highest BCUT2D eigenvalue weighted by molar-refractivity contribution is 7.85. The minimum atomic E-state index is -4.31. The van der Waals surface area contributed by atoms with Gasteiger partial charge < -0.3 is 4.90 Å². The summed E-state index contributed by atoms with van der Waals surface area (Å²) in [5, 5.41) is 0. The van der Waals surface area contributed by atoms with Crippen molar-refractivity contribution in [2.75, 3.05) is 18.1 Å². The SMILES string of the molecule is CC1(C)C[S@@](=O)CCN1C(=O)CCC(F)(F)F. The fourth-order valence-corrected chi connectivity index (χ4v) is 3.36. The number of halogens is 3. The van der Waals surface area contributed by atoms with Crippen LogP contribution in [0.15, 0.2) is 0 Å². The molecule has 0 aromatic heterocycles. The molecule has 0 spiro atoms. The molecule has 1 aliphatic rings. The van der Waals surface area contributed by atoms with Gasteiger partial charge in [0.25, 0.3) is 0 Å². The first kappa shape index (κ1) is 14.5. The van der Waals surface area contributed by atoms with Crippen LogP contribution in [0.25, 0.3) is 0 Å². The minimum absolute atomic E-state index is 0.274. The highest BCUT2D eigenvalue weighted by atomic mass is 32.2. The molecule has 0 aromatic rings. The smallest absolute Gasteiger partial charge is 0.336 e. The van der Waals surface area contributed by atoms with Gasteiger partial charge in [-0.15, -0.1) is 0 Å². The van der Waals surface area contributed by atoms with Crippen molar-refractivity contribution in [1.82, 2.24) is 4.90 Å². The molecule has 3 nitrogen and oxygen atoms in total. The van der Waals surface area contributed by atoms with E-state index in [-0.39, 0.29) is 6.54 Å². The normalized spacial score (nSPS) is 24.8. The van der Waals surface area contributed by atoms with Gasteiger partial charge >= 0.3 is 6.18 Å². The van der Waals surface area contributed by atoms with Crippen LogP contribution in [0.5, 0.6) is 0 Å². The predicted octanol–water partition coefficient (Wildman–Crippen LogP) is 1.70. The average molecular weight is 271 g/mol. The number of alkyl halides is 3. The lowest BCUT2D eigenvalue weighted by Crippen LogP contribution is -2.56. The fraction of sp³-hybridized carbons (Fsp3) is 0.900. The second-order valence-corrected chi connectivity index (χ2v) is 6.34. The van der Waals surface area contributed by atoms with E-state index in [0.717, 1.165) is 0 Å². The van der Waals surface area contributed by atoms with Gasteiger partial charge in [-0.25, -0.2) is 0 Å². The molecule has 0 saturated carbocycles. The topological polar surface area (TPSA) is 37.4 Å². The van der Waals surface area contributed by atoms with Gasteiger partial charge in [0.05, 0.1) is 6.42 Å². The molecule has 0 N–H and O–H groups in total. The molecule has 1 rings (SSSR count). The van der Waals surface area contributed by atoms with Gasteiger partial charge in [0, 0.05) is 40.8 Å². The zero-order valence-corrected chi connectivity index (χ0v) is 10.7. The number of nitrogens with zero attached hydrogens (tertiary/aromatic N) is 1. The molecule has 1 heterocycles. The minimum Gasteiger partial charge on any atom is -0.336 e.